The molecule has 0 fully saturated rings. The molecule has 1 heterocycles. The van der Waals surface area contributed by atoms with Gasteiger partial charge in [0.1, 0.15) is 11.2 Å². The minimum Gasteiger partial charge on any atom is -0.455 e. The Morgan fingerprint density at radius 2 is 0.947 bits per heavy atom. The first-order valence-electron chi connectivity index (χ1n) is 19.6. The van der Waals surface area contributed by atoms with Crippen molar-refractivity contribution in [2.45, 2.75) is 5.41 Å². The van der Waals surface area contributed by atoms with Crippen LogP contribution < -0.4 is 4.90 Å². The predicted octanol–water partition coefficient (Wildman–Crippen LogP) is 14.8. The van der Waals surface area contributed by atoms with Crippen LogP contribution in [0.15, 0.2) is 229 Å². The lowest BCUT2D eigenvalue weighted by Gasteiger charge is -2.35. The summed E-state index contributed by atoms with van der Waals surface area (Å²) >= 11 is 0. The highest BCUT2D eigenvalue weighted by molar-refractivity contribution is 6.09. The number of anilines is 3. The summed E-state index contributed by atoms with van der Waals surface area (Å²) in [5.41, 5.74) is 16.7. The Kier molecular flexibility index (Phi) is 7.75. The quantitative estimate of drug-likeness (QED) is 0.163. The van der Waals surface area contributed by atoms with Gasteiger partial charge in [-0.25, -0.2) is 0 Å². The van der Waals surface area contributed by atoms with Crippen molar-refractivity contribution in [3.05, 3.63) is 247 Å². The minimum absolute atomic E-state index is 0.550. The number of nitrogens with zero attached hydrogens (tertiary/aromatic N) is 1. The van der Waals surface area contributed by atoms with Gasteiger partial charge in [-0.2, -0.15) is 0 Å². The molecule has 268 valence electrons. The van der Waals surface area contributed by atoms with E-state index in [9.17, 15) is 0 Å². The van der Waals surface area contributed by atoms with E-state index >= 15 is 0 Å². The Morgan fingerprint density at radius 3 is 1.77 bits per heavy atom. The zero-order valence-corrected chi connectivity index (χ0v) is 31.2. The third-order valence-electron chi connectivity index (χ3n) is 11.8. The van der Waals surface area contributed by atoms with Crippen LogP contribution in [0, 0.1) is 0 Å². The number of rotatable bonds is 7. The summed E-state index contributed by atoms with van der Waals surface area (Å²) in [6, 6.07) is 81.2. The third kappa shape index (κ3) is 5.18. The Hall–Kier alpha value is -7.42. The standard InChI is InChI=1S/C55H37NO/c1-4-17-38(18-5-1)40-19-14-22-42(37-40)55(41-20-6-2-7-21-41)49-29-12-10-26-48(49)53-50(55)30-16-31-51(53)56(43-23-8-3-9-24-43)44-35-33-39(34-36-44)45-27-15-28-47-46-25-11-13-32-52(46)57-54(45)47/h1-37H. The highest BCUT2D eigenvalue weighted by Gasteiger charge is 2.47. The molecule has 0 amide bonds. The molecule has 57 heavy (non-hydrogen) atoms. The van der Waals surface area contributed by atoms with E-state index in [1.54, 1.807) is 0 Å². The van der Waals surface area contributed by atoms with Gasteiger partial charge in [0.25, 0.3) is 0 Å². The van der Waals surface area contributed by atoms with E-state index in [1.807, 2.05) is 12.1 Å². The van der Waals surface area contributed by atoms with E-state index < -0.39 is 5.41 Å². The Morgan fingerprint density at radius 1 is 0.368 bits per heavy atom. The molecule has 1 aliphatic rings. The van der Waals surface area contributed by atoms with Crippen molar-refractivity contribution in [3.63, 3.8) is 0 Å². The average molecular weight is 728 g/mol. The summed E-state index contributed by atoms with van der Waals surface area (Å²) in [7, 11) is 0. The summed E-state index contributed by atoms with van der Waals surface area (Å²) in [5.74, 6) is 0. The second-order valence-corrected chi connectivity index (χ2v) is 14.8. The molecule has 1 aromatic heterocycles. The van der Waals surface area contributed by atoms with Gasteiger partial charge in [0, 0.05) is 33.3 Å². The highest BCUT2D eigenvalue weighted by atomic mass is 16.3. The van der Waals surface area contributed by atoms with E-state index in [0.29, 0.717) is 0 Å². The largest absolute Gasteiger partial charge is 0.455 e. The van der Waals surface area contributed by atoms with E-state index in [4.69, 9.17) is 4.42 Å². The minimum atomic E-state index is -0.550. The van der Waals surface area contributed by atoms with E-state index in [1.165, 1.54) is 44.5 Å². The number of benzene rings is 9. The Balaban J connectivity index is 1.13. The molecule has 0 spiro atoms. The number of para-hydroxylation sites is 3. The molecule has 1 unspecified atom stereocenters. The lowest BCUT2D eigenvalue weighted by atomic mass is 9.67. The first-order chi connectivity index (χ1) is 28.3. The molecule has 0 saturated heterocycles. The smallest absolute Gasteiger partial charge is 0.143 e. The molecule has 10 aromatic rings. The van der Waals surface area contributed by atoms with Crippen molar-refractivity contribution in [1.82, 2.24) is 0 Å². The summed E-state index contributed by atoms with van der Waals surface area (Å²) in [5, 5.41) is 2.27. The summed E-state index contributed by atoms with van der Waals surface area (Å²) in [4.78, 5) is 2.42. The first-order valence-corrected chi connectivity index (χ1v) is 19.6. The van der Waals surface area contributed by atoms with Crippen molar-refractivity contribution in [1.29, 1.82) is 0 Å². The number of furan rings is 1. The van der Waals surface area contributed by atoms with Crippen LogP contribution in [0.2, 0.25) is 0 Å². The maximum absolute atomic E-state index is 6.45. The zero-order valence-electron chi connectivity index (χ0n) is 31.2. The third-order valence-corrected chi connectivity index (χ3v) is 11.8. The molecular formula is C55H37NO. The molecule has 0 saturated carbocycles. The topological polar surface area (TPSA) is 16.4 Å². The van der Waals surface area contributed by atoms with Crippen LogP contribution in [0.1, 0.15) is 22.3 Å². The fraction of sp³-hybridized carbons (Fsp3) is 0.0182. The van der Waals surface area contributed by atoms with Gasteiger partial charge in [-0.05, 0) is 87.0 Å². The molecular weight excluding hydrogens is 691 g/mol. The summed E-state index contributed by atoms with van der Waals surface area (Å²) < 4.78 is 6.45. The van der Waals surface area contributed by atoms with Crippen molar-refractivity contribution < 1.29 is 4.42 Å². The van der Waals surface area contributed by atoms with Gasteiger partial charge in [0.15, 0.2) is 0 Å². The van der Waals surface area contributed by atoms with Crippen LogP contribution in [0.3, 0.4) is 0 Å². The zero-order chi connectivity index (χ0) is 37.8. The first kappa shape index (κ1) is 33.0. The van der Waals surface area contributed by atoms with Crippen LogP contribution in [0.4, 0.5) is 17.1 Å². The van der Waals surface area contributed by atoms with Crippen molar-refractivity contribution >= 4 is 39.0 Å². The summed E-state index contributed by atoms with van der Waals surface area (Å²) in [6.45, 7) is 0. The summed E-state index contributed by atoms with van der Waals surface area (Å²) in [6.07, 6.45) is 0. The second-order valence-electron chi connectivity index (χ2n) is 14.8. The van der Waals surface area contributed by atoms with Gasteiger partial charge >= 0.3 is 0 Å². The monoisotopic (exact) mass is 727 g/mol. The van der Waals surface area contributed by atoms with Gasteiger partial charge in [0.2, 0.25) is 0 Å². The predicted molar refractivity (Wildman–Crippen MR) is 237 cm³/mol. The lowest BCUT2D eigenvalue weighted by Crippen LogP contribution is -2.28. The van der Waals surface area contributed by atoms with E-state index in [2.05, 4.69) is 217 Å². The molecule has 0 radical (unpaired) electrons. The van der Waals surface area contributed by atoms with Crippen LogP contribution in [0.5, 0.6) is 0 Å². The van der Waals surface area contributed by atoms with E-state index in [0.717, 1.165) is 50.1 Å². The molecule has 2 nitrogen and oxygen atoms in total. The molecule has 1 atom stereocenters. The fourth-order valence-corrected chi connectivity index (χ4v) is 9.30. The van der Waals surface area contributed by atoms with Crippen LogP contribution in [0.25, 0.3) is 55.3 Å². The van der Waals surface area contributed by atoms with Crippen LogP contribution in [-0.2, 0) is 5.41 Å². The maximum Gasteiger partial charge on any atom is 0.143 e. The van der Waals surface area contributed by atoms with Crippen molar-refractivity contribution in [3.8, 4) is 33.4 Å². The van der Waals surface area contributed by atoms with Gasteiger partial charge in [-0.3, -0.25) is 0 Å². The molecule has 0 N–H and O–H groups in total. The lowest BCUT2D eigenvalue weighted by molar-refractivity contribution is 0.670. The SMILES string of the molecule is c1ccc(-c2cccc(C3(c4ccccc4)c4ccccc4-c4c(N(c5ccccc5)c5ccc(-c6cccc7c6oc6ccccc67)cc5)cccc43)c2)cc1. The van der Waals surface area contributed by atoms with Crippen molar-refractivity contribution in [2.24, 2.45) is 0 Å². The van der Waals surface area contributed by atoms with Gasteiger partial charge in [-0.1, -0.05) is 182 Å². The van der Waals surface area contributed by atoms with E-state index in [-0.39, 0.29) is 0 Å². The number of hydrogen-bond donors (Lipinski definition) is 0. The van der Waals surface area contributed by atoms with Gasteiger partial charge < -0.3 is 9.32 Å². The maximum atomic E-state index is 6.45. The molecule has 0 aliphatic heterocycles. The second kappa shape index (κ2) is 13.4. The number of fused-ring (bicyclic) bond motifs is 6. The van der Waals surface area contributed by atoms with Crippen LogP contribution in [-0.4, -0.2) is 0 Å². The highest BCUT2D eigenvalue weighted by Crippen LogP contribution is 2.59. The molecule has 9 aromatic carbocycles. The molecule has 2 heteroatoms. The normalized spacial score (nSPS) is 14.4. The average Bonchev–Trinajstić information content (AvgIpc) is 3.82. The molecule has 0 bridgehead atoms. The Labute approximate surface area is 332 Å². The van der Waals surface area contributed by atoms with Gasteiger partial charge in [-0.15, -0.1) is 0 Å². The molecule has 11 rings (SSSR count). The van der Waals surface area contributed by atoms with Crippen LogP contribution >= 0.6 is 0 Å². The fourth-order valence-electron chi connectivity index (χ4n) is 9.30. The van der Waals surface area contributed by atoms with Gasteiger partial charge in [0.05, 0.1) is 11.1 Å². The number of hydrogen-bond acceptors (Lipinski definition) is 2. The van der Waals surface area contributed by atoms with Crippen molar-refractivity contribution in [2.75, 3.05) is 4.90 Å². The Bertz CT molecular complexity index is 3060. The molecule has 1 aliphatic carbocycles.